The molecule has 2 N–H and O–H groups in total. The summed E-state index contributed by atoms with van der Waals surface area (Å²) in [5.41, 5.74) is 1.87. The van der Waals surface area contributed by atoms with Gasteiger partial charge in [0.05, 0.1) is 12.7 Å². The third-order valence-electron chi connectivity index (χ3n) is 4.35. The normalized spacial score (nSPS) is 17.0. The van der Waals surface area contributed by atoms with Gasteiger partial charge >= 0.3 is 0 Å². The number of aromatic nitrogens is 2. The SMILES string of the molecule is O=C(CN1CCOc2ccccc2C1)Nc1cnn2c1NCCC2. The maximum atomic E-state index is 12.4. The van der Waals surface area contributed by atoms with Gasteiger partial charge in [0.25, 0.3) is 0 Å². The molecule has 0 bridgehead atoms. The zero-order valence-corrected chi connectivity index (χ0v) is 13.5. The molecule has 1 amide bonds. The largest absolute Gasteiger partial charge is 0.492 e. The topological polar surface area (TPSA) is 71.4 Å². The summed E-state index contributed by atoms with van der Waals surface area (Å²) in [6.45, 7) is 4.17. The number of ether oxygens (including phenoxy) is 1. The number of hydrogen-bond acceptors (Lipinski definition) is 5. The number of fused-ring (bicyclic) bond motifs is 2. The zero-order valence-electron chi connectivity index (χ0n) is 13.5. The van der Waals surface area contributed by atoms with Gasteiger partial charge in [-0.1, -0.05) is 18.2 Å². The van der Waals surface area contributed by atoms with Crippen LogP contribution in [0, 0.1) is 0 Å². The number of hydrogen-bond donors (Lipinski definition) is 2. The van der Waals surface area contributed by atoms with E-state index in [2.05, 4.69) is 20.6 Å². The van der Waals surface area contributed by atoms with Crippen LogP contribution in [0.5, 0.6) is 5.75 Å². The lowest BCUT2D eigenvalue weighted by Gasteiger charge is -2.20. The van der Waals surface area contributed by atoms with Crippen LogP contribution in [0.15, 0.2) is 30.5 Å². The molecule has 7 nitrogen and oxygen atoms in total. The van der Waals surface area contributed by atoms with Gasteiger partial charge in [-0.3, -0.25) is 9.69 Å². The summed E-state index contributed by atoms with van der Waals surface area (Å²) >= 11 is 0. The summed E-state index contributed by atoms with van der Waals surface area (Å²) in [6.07, 6.45) is 2.77. The maximum absolute atomic E-state index is 12.4. The molecular formula is C17H21N5O2. The molecule has 7 heteroatoms. The summed E-state index contributed by atoms with van der Waals surface area (Å²) < 4.78 is 7.64. The van der Waals surface area contributed by atoms with Crippen molar-refractivity contribution in [1.29, 1.82) is 0 Å². The molecule has 1 aromatic heterocycles. The molecule has 1 aromatic carbocycles. The molecule has 4 rings (SSSR count). The van der Waals surface area contributed by atoms with Crippen LogP contribution in [0.2, 0.25) is 0 Å². The van der Waals surface area contributed by atoms with Crippen LogP contribution in [-0.2, 0) is 17.9 Å². The molecule has 0 saturated heterocycles. The summed E-state index contributed by atoms with van der Waals surface area (Å²) in [5.74, 6) is 1.78. The first-order valence-electron chi connectivity index (χ1n) is 8.32. The van der Waals surface area contributed by atoms with Crippen LogP contribution in [0.25, 0.3) is 0 Å². The molecule has 126 valence electrons. The lowest BCUT2D eigenvalue weighted by molar-refractivity contribution is -0.117. The van der Waals surface area contributed by atoms with E-state index in [1.807, 2.05) is 28.9 Å². The Kier molecular flexibility index (Phi) is 4.08. The van der Waals surface area contributed by atoms with Gasteiger partial charge in [0.1, 0.15) is 23.9 Å². The monoisotopic (exact) mass is 327 g/mol. The van der Waals surface area contributed by atoms with Gasteiger partial charge in [0.15, 0.2) is 0 Å². The second-order valence-corrected chi connectivity index (χ2v) is 6.13. The van der Waals surface area contributed by atoms with Gasteiger partial charge in [-0.2, -0.15) is 5.10 Å². The Morgan fingerprint density at radius 1 is 1.33 bits per heavy atom. The first kappa shape index (κ1) is 15.0. The van der Waals surface area contributed by atoms with Crippen molar-refractivity contribution in [1.82, 2.24) is 14.7 Å². The number of nitrogens with one attached hydrogen (secondary N) is 2. The van der Waals surface area contributed by atoms with E-state index in [0.29, 0.717) is 19.7 Å². The molecule has 2 aliphatic rings. The van der Waals surface area contributed by atoms with Crippen LogP contribution in [-0.4, -0.2) is 46.8 Å². The Balaban J connectivity index is 1.40. The number of anilines is 2. The minimum atomic E-state index is -0.0300. The summed E-state index contributed by atoms with van der Waals surface area (Å²) in [4.78, 5) is 14.5. The second kappa shape index (κ2) is 6.52. The maximum Gasteiger partial charge on any atom is 0.238 e. The molecule has 0 radical (unpaired) electrons. The fourth-order valence-corrected chi connectivity index (χ4v) is 3.18. The number of carbonyl (C=O) groups excluding carboxylic acids is 1. The van der Waals surface area contributed by atoms with Crippen molar-refractivity contribution in [2.75, 3.05) is 36.9 Å². The van der Waals surface area contributed by atoms with Crippen molar-refractivity contribution in [3.05, 3.63) is 36.0 Å². The van der Waals surface area contributed by atoms with E-state index in [1.165, 1.54) is 0 Å². The van der Waals surface area contributed by atoms with E-state index in [0.717, 1.165) is 48.9 Å². The molecule has 0 atom stereocenters. The Morgan fingerprint density at radius 2 is 2.25 bits per heavy atom. The third-order valence-corrected chi connectivity index (χ3v) is 4.35. The van der Waals surface area contributed by atoms with Crippen LogP contribution < -0.4 is 15.4 Å². The van der Waals surface area contributed by atoms with Crippen molar-refractivity contribution in [3.8, 4) is 5.75 Å². The summed E-state index contributed by atoms with van der Waals surface area (Å²) in [5, 5.41) is 10.6. The molecule has 0 saturated carbocycles. The van der Waals surface area contributed by atoms with Gasteiger partial charge in [-0.05, 0) is 12.5 Å². The average Bonchev–Trinajstić information content (AvgIpc) is 2.87. The lowest BCUT2D eigenvalue weighted by Crippen LogP contribution is -2.34. The number of rotatable bonds is 3. The number of amides is 1. The van der Waals surface area contributed by atoms with Gasteiger partial charge in [0, 0.05) is 31.7 Å². The number of nitrogens with zero attached hydrogens (tertiary/aromatic N) is 3. The number of carbonyl (C=O) groups is 1. The molecule has 2 aromatic rings. The van der Waals surface area contributed by atoms with E-state index in [1.54, 1.807) is 6.20 Å². The second-order valence-electron chi connectivity index (χ2n) is 6.13. The van der Waals surface area contributed by atoms with Gasteiger partial charge in [0.2, 0.25) is 5.91 Å². The van der Waals surface area contributed by atoms with Crippen LogP contribution in [0.1, 0.15) is 12.0 Å². The van der Waals surface area contributed by atoms with Crippen LogP contribution in [0.3, 0.4) is 0 Å². The highest BCUT2D eigenvalue weighted by Gasteiger charge is 2.20. The lowest BCUT2D eigenvalue weighted by atomic mass is 10.2. The predicted molar refractivity (Wildman–Crippen MR) is 91.2 cm³/mol. The predicted octanol–water partition coefficient (Wildman–Crippen LogP) is 1.53. The third kappa shape index (κ3) is 3.07. The van der Waals surface area contributed by atoms with Crippen LogP contribution in [0.4, 0.5) is 11.5 Å². The fourth-order valence-electron chi connectivity index (χ4n) is 3.18. The van der Waals surface area contributed by atoms with E-state index in [-0.39, 0.29) is 5.91 Å². The highest BCUT2D eigenvalue weighted by molar-refractivity contribution is 5.94. The molecular weight excluding hydrogens is 306 g/mol. The van der Waals surface area contributed by atoms with Crippen molar-refractivity contribution in [3.63, 3.8) is 0 Å². The van der Waals surface area contributed by atoms with Crippen molar-refractivity contribution >= 4 is 17.4 Å². The van der Waals surface area contributed by atoms with Crippen molar-refractivity contribution < 1.29 is 9.53 Å². The molecule has 0 spiro atoms. The molecule has 24 heavy (non-hydrogen) atoms. The highest BCUT2D eigenvalue weighted by Crippen LogP contribution is 2.25. The van der Waals surface area contributed by atoms with Gasteiger partial charge in [-0.25, -0.2) is 4.68 Å². The van der Waals surface area contributed by atoms with E-state index < -0.39 is 0 Å². The van der Waals surface area contributed by atoms with Gasteiger partial charge in [-0.15, -0.1) is 0 Å². The first-order chi connectivity index (χ1) is 11.8. The Morgan fingerprint density at radius 3 is 3.21 bits per heavy atom. The molecule has 0 fully saturated rings. The standard InChI is InChI=1S/C17H21N5O2/c23-16(20-14-10-19-22-7-3-6-18-17(14)22)12-21-8-9-24-15-5-2-1-4-13(15)11-21/h1-2,4-5,10,18H,3,6-9,11-12H2,(H,20,23). The van der Waals surface area contributed by atoms with Crippen LogP contribution >= 0.6 is 0 Å². The van der Waals surface area contributed by atoms with Crippen molar-refractivity contribution in [2.45, 2.75) is 19.5 Å². The molecule has 3 heterocycles. The van der Waals surface area contributed by atoms with E-state index >= 15 is 0 Å². The Bertz CT molecular complexity index is 742. The quantitative estimate of drug-likeness (QED) is 0.895. The summed E-state index contributed by atoms with van der Waals surface area (Å²) in [6, 6.07) is 7.99. The minimum Gasteiger partial charge on any atom is -0.492 e. The first-order valence-corrected chi connectivity index (χ1v) is 8.32. The summed E-state index contributed by atoms with van der Waals surface area (Å²) in [7, 11) is 0. The van der Waals surface area contributed by atoms with E-state index in [4.69, 9.17) is 4.74 Å². The zero-order chi connectivity index (χ0) is 16.4. The van der Waals surface area contributed by atoms with Crippen molar-refractivity contribution in [2.24, 2.45) is 0 Å². The molecule has 0 unspecified atom stereocenters. The number of para-hydroxylation sites is 1. The smallest absolute Gasteiger partial charge is 0.238 e. The highest BCUT2D eigenvalue weighted by atomic mass is 16.5. The van der Waals surface area contributed by atoms with E-state index in [9.17, 15) is 4.79 Å². The Hall–Kier alpha value is -2.54. The number of benzene rings is 1. The minimum absolute atomic E-state index is 0.0300. The molecule has 0 aliphatic carbocycles. The fraction of sp³-hybridized carbons (Fsp3) is 0.412. The molecule has 2 aliphatic heterocycles. The van der Waals surface area contributed by atoms with Gasteiger partial charge < -0.3 is 15.4 Å². The number of aryl methyl sites for hydroxylation is 1. The Labute approximate surface area is 140 Å². The average molecular weight is 327 g/mol.